The molecular weight excluding hydrogens is 280 g/mol. The van der Waals surface area contributed by atoms with Gasteiger partial charge in [0.15, 0.2) is 0 Å². The molecule has 0 radical (unpaired) electrons. The highest BCUT2D eigenvalue weighted by Crippen LogP contribution is 2.18. The van der Waals surface area contributed by atoms with Crippen LogP contribution in [0.15, 0.2) is 17.2 Å². The number of rotatable bonds is 8. The fourth-order valence-corrected chi connectivity index (χ4v) is 3.04. The standard InChI is InChI=1S/C12H20N4O3S/c1-16-8-10(7-11(16)12(13)17)20(18,19)15-6-2-5-14-9-3-4-9/h7-9,14-15H,2-6H2,1H3,(H2,13,17). The van der Waals surface area contributed by atoms with Gasteiger partial charge in [-0.2, -0.15) is 0 Å². The van der Waals surface area contributed by atoms with Gasteiger partial charge < -0.3 is 15.6 Å². The zero-order valence-electron chi connectivity index (χ0n) is 11.4. The van der Waals surface area contributed by atoms with E-state index in [0.29, 0.717) is 12.6 Å². The van der Waals surface area contributed by atoms with Crippen LogP contribution in [0.5, 0.6) is 0 Å². The molecule has 112 valence electrons. The van der Waals surface area contributed by atoms with Crippen LogP contribution in [-0.4, -0.2) is 38.0 Å². The molecule has 1 aromatic heterocycles. The monoisotopic (exact) mass is 300 g/mol. The van der Waals surface area contributed by atoms with E-state index in [1.165, 1.54) is 29.7 Å². The topological polar surface area (TPSA) is 106 Å². The predicted octanol–water partition coefficient (Wildman–Crippen LogP) is -0.456. The summed E-state index contributed by atoms with van der Waals surface area (Å²) in [6, 6.07) is 1.91. The molecule has 1 aliphatic carbocycles. The smallest absolute Gasteiger partial charge is 0.265 e. The van der Waals surface area contributed by atoms with Gasteiger partial charge in [-0.1, -0.05) is 0 Å². The molecule has 0 aromatic carbocycles. The molecule has 0 unspecified atom stereocenters. The number of nitrogens with two attached hydrogens (primary N) is 1. The second kappa shape index (κ2) is 5.94. The van der Waals surface area contributed by atoms with Crippen molar-refractivity contribution in [1.82, 2.24) is 14.6 Å². The molecule has 1 aromatic rings. The van der Waals surface area contributed by atoms with E-state index in [1.807, 2.05) is 0 Å². The van der Waals surface area contributed by atoms with Gasteiger partial charge in [0.1, 0.15) is 10.6 Å². The predicted molar refractivity (Wildman–Crippen MR) is 74.8 cm³/mol. The average Bonchev–Trinajstić information content (AvgIpc) is 3.09. The number of nitrogens with one attached hydrogen (secondary N) is 2. The van der Waals surface area contributed by atoms with Crippen molar-refractivity contribution in [3.8, 4) is 0 Å². The SMILES string of the molecule is Cn1cc(S(=O)(=O)NCCCNC2CC2)cc1C(N)=O. The first-order chi connectivity index (χ1) is 9.40. The second-order valence-electron chi connectivity index (χ2n) is 5.02. The maximum Gasteiger partial charge on any atom is 0.265 e. The molecule has 2 rings (SSSR count). The zero-order valence-corrected chi connectivity index (χ0v) is 12.2. The Bertz CT molecular complexity index is 590. The highest BCUT2D eigenvalue weighted by Gasteiger charge is 2.20. The van der Waals surface area contributed by atoms with E-state index in [0.717, 1.165) is 13.0 Å². The van der Waals surface area contributed by atoms with Gasteiger partial charge in [-0.25, -0.2) is 13.1 Å². The fraction of sp³-hybridized carbons (Fsp3) is 0.583. The summed E-state index contributed by atoms with van der Waals surface area (Å²) >= 11 is 0. The lowest BCUT2D eigenvalue weighted by Gasteiger charge is -2.05. The minimum atomic E-state index is -3.59. The molecule has 1 amide bonds. The highest BCUT2D eigenvalue weighted by atomic mass is 32.2. The number of nitrogens with zero attached hydrogens (tertiary/aromatic N) is 1. The van der Waals surface area contributed by atoms with Gasteiger partial charge in [0.2, 0.25) is 10.0 Å². The van der Waals surface area contributed by atoms with Crippen LogP contribution < -0.4 is 15.8 Å². The van der Waals surface area contributed by atoms with Gasteiger partial charge in [0.05, 0.1) is 0 Å². The van der Waals surface area contributed by atoms with E-state index < -0.39 is 15.9 Å². The van der Waals surface area contributed by atoms with Crippen LogP contribution in [0.4, 0.5) is 0 Å². The summed E-state index contributed by atoms with van der Waals surface area (Å²) in [6.45, 7) is 1.16. The number of primary amides is 1. The van der Waals surface area contributed by atoms with Crippen molar-refractivity contribution >= 4 is 15.9 Å². The lowest BCUT2D eigenvalue weighted by atomic mass is 10.4. The lowest BCUT2D eigenvalue weighted by Crippen LogP contribution is -2.27. The molecule has 8 heteroatoms. The number of hydrogen-bond donors (Lipinski definition) is 3. The Morgan fingerprint density at radius 2 is 2.15 bits per heavy atom. The highest BCUT2D eigenvalue weighted by molar-refractivity contribution is 7.89. The van der Waals surface area contributed by atoms with Crippen LogP contribution >= 0.6 is 0 Å². The van der Waals surface area contributed by atoms with Crippen LogP contribution in [0.1, 0.15) is 29.8 Å². The summed E-state index contributed by atoms with van der Waals surface area (Å²) in [5.41, 5.74) is 5.33. The molecular formula is C12H20N4O3S. The fourth-order valence-electron chi connectivity index (χ4n) is 1.90. The number of hydrogen-bond acceptors (Lipinski definition) is 4. The van der Waals surface area contributed by atoms with Crippen molar-refractivity contribution in [2.75, 3.05) is 13.1 Å². The third-order valence-corrected chi connectivity index (χ3v) is 4.63. The van der Waals surface area contributed by atoms with Gasteiger partial charge in [0, 0.05) is 25.8 Å². The third kappa shape index (κ3) is 3.81. The van der Waals surface area contributed by atoms with Crippen LogP contribution in [0.25, 0.3) is 0 Å². The molecule has 0 saturated heterocycles. The second-order valence-corrected chi connectivity index (χ2v) is 6.78. The lowest BCUT2D eigenvalue weighted by molar-refractivity contribution is 0.0992. The van der Waals surface area contributed by atoms with E-state index in [-0.39, 0.29) is 10.6 Å². The summed E-state index contributed by atoms with van der Waals surface area (Å²) in [5.74, 6) is -0.650. The van der Waals surface area contributed by atoms with Gasteiger partial charge in [-0.05, 0) is 31.9 Å². The van der Waals surface area contributed by atoms with E-state index in [1.54, 1.807) is 7.05 Å². The Kier molecular flexibility index (Phi) is 4.46. The van der Waals surface area contributed by atoms with Crippen LogP contribution in [0.2, 0.25) is 0 Å². The molecule has 7 nitrogen and oxygen atoms in total. The average molecular weight is 300 g/mol. The zero-order chi connectivity index (χ0) is 14.8. The molecule has 0 aliphatic heterocycles. The van der Waals surface area contributed by atoms with E-state index in [4.69, 9.17) is 5.73 Å². The van der Waals surface area contributed by atoms with E-state index >= 15 is 0 Å². The van der Waals surface area contributed by atoms with Crippen LogP contribution in [0, 0.1) is 0 Å². The summed E-state index contributed by atoms with van der Waals surface area (Å²) in [6.07, 6.45) is 4.54. The Morgan fingerprint density at radius 3 is 2.70 bits per heavy atom. The van der Waals surface area contributed by atoms with Gasteiger partial charge in [0.25, 0.3) is 5.91 Å². The van der Waals surface area contributed by atoms with Crippen molar-refractivity contribution in [3.63, 3.8) is 0 Å². The third-order valence-electron chi connectivity index (χ3n) is 3.20. The largest absolute Gasteiger partial charge is 0.364 e. The van der Waals surface area contributed by atoms with Crippen molar-refractivity contribution in [2.24, 2.45) is 12.8 Å². The molecule has 4 N–H and O–H groups in total. The molecule has 0 atom stereocenters. The molecule has 1 saturated carbocycles. The molecule has 20 heavy (non-hydrogen) atoms. The normalized spacial score (nSPS) is 15.4. The minimum Gasteiger partial charge on any atom is -0.364 e. The Hall–Kier alpha value is -1.38. The Labute approximate surface area is 118 Å². The quantitative estimate of drug-likeness (QED) is 0.565. The maximum atomic E-state index is 12.0. The molecule has 0 bridgehead atoms. The first-order valence-corrected chi connectivity index (χ1v) is 8.07. The summed E-state index contributed by atoms with van der Waals surface area (Å²) < 4.78 is 28.0. The molecule has 1 fully saturated rings. The van der Waals surface area contributed by atoms with Crippen LogP contribution in [0.3, 0.4) is 0 Å². The molecule has 1 heterocycles. The summed E-state index contributed by atoms with van der Waals surface area (Å²) in [4.78, 5) is 11.2. The van der Waals surface area contributed by atoms with Gasteiger partial charge >= 0.3 is 0 Å². The van der Waals surface area contributed by atoms with E-state index in [2.05, 4.69) is 10.0 Å². The number of carbonyl (C=O) groups excluding carboxylic acids is 1. The summed E-state index contributed by atoms with van der Waals surface area (Å²) in [7, 11) is -2.00. The molecule has 0 spiro atoms. The number of sulfonamides is 1. The van der Waals surface area contributed by atoms with Crippen molar-refractivity contribution in [2.45, 2.75) is 30.2 Å². The van der Waals surface area contributed by atoms with Gasteiger partial charge in [-0.3, -0.25) is 4.79 Å². The minimum absolute atomic E-state index is 0.0592. The first-order valence-electron chi connectivity index (χ1n) is 6.59. The Balaban J connectivity index is 1.88. The number of aryl methyl sites for hydroxylation is 1. The molecule has 1 aliphatic rings. The first kappa shape index (κ1) is 15.0. The van der Waals surface area contributed by atoms with E-state index in [9.17, 15) is 13.2 Å². The van der Waals surface area contributed by atoms with Crippen molar-refractivity contribution in [1.29, 1.82) is 0 Å². The number of carbonyl (C=O) groups is 1. The van der Waals surface area contributed by atoms with Crippen molar-refractivity contribution in [3.05, 3.63) is 18.0 Å². The van der Waals surface area contributed by atoms with Gasteiger partial charge in [-0.15, -0.1) is 0 Å². The number of aromatic nitrogens is 1. The summed E-state index contributed by atoms with van der Waals surface area (Å²) in [5, 5.41) is 3.31. The maximum absolute atomic E-state index is 12.0. The Morgan fingerprint density at radius 1 is 1.45 bits per heavy atom. The number of amides is 1. The van der Waals surface area contributed by atoms with Crippen molar-refractivity contribution < 1.29 is 13.2 Å². The van der Waals surface area contributed by atoms with Crippen LogP contribution in [-0.2, 0) is 17.1 Å².